The molecule has 218 valence electrons. The number of anilines is 1. The number of fused-ring (bicyclic) bond motifs is 2. The van der Waals surface area contributed by atoms with Gasteiger partial charge in [-0.2, -0.15) is 5.10 Å². The fourth-order valence-corrected chi connectivity index (χ4v) is 5.09. The van der Waals surface area contributed by atoms with Gasteiger partial charge in [0.1, 0.15) is 23.0 Å². The lowest BCUT2D eigenvalue weighted by Gasteiger charge is -2.10. The highest BCUT2D eigenvalue weighted by molar-refractivity contribution is 5.92. The number of imidazole rings is 1. The molecule has 0 spiro atoms. The van der Waals surface area contributed by atoms with Gasteiger partial charge in [-0.3, -0.25) is 0 Å². The molecule has 0 aliphatic carbocycles. The second-order valence-electron chi connectivity index (χ2n) is 10.3. The van der Waals surface area contributed by atoms with Crippen molar-refractivity contribution in [1.29, 1.82) is 0 Å². The molecule has 0 amide bonds. The lowest BCUT2D eigenvalue weighted by Crippen LogP contribution is -2.07. The van der Waals surface area contributed by atoms with Crippen molar-refractivity contribution in [3.05, 3.63) is 108 Å². The van der Waals surface area contributed by atoms with Crippen LogP contribution in [0, 0.1) is 6.92 Å². The second kappa shape index (κ2) is 11.4. The predicted octanol–water partition coefficient (Wildman–Crippen LogP) is 5.61. The first kappa shape index (κ1) is 27.0. The molecule has 5 heterocycles. The highest BCUT2D eigenvalue weighted by atomic mass is 16.5. The van der Waals surface area contributed by atoms with Crippen molar-refractivity contribution in [3.63, 3.8) is 0 Å². The van der Waals surface area contributed by atoms with Crippen LogP contribution in [0.2, 0.25) is 0 Å². The highest BCUT2D eigenvalue weighted by Gasteiger charge is 2.20. The first-order chi connectivity index (χ1) is 21.6. The van der Waals surface area contributed by atoms with Crippen molar-refractivity contribution in [2.24, 2.45) is 0 Å². The number of hydrogen-bond acceptors (Lipinski definition) is 9. The van der Waals surface area contributed by atoms with Crippen LogP contribution in [0.5, 0.6) is 11.5 Å². The number of rotatable bonds is 9. The van der Waals surface area contributed by atoms with Crippen molar-refractivity contribution < 1.29 is 9.47 Å². The summed E-state index contributed by atoms with van der Waals surface area (Å²) in [5.74, 6) is 3.39. The zero-order valence-electron chi connectivity index (χ0n) is 24.5. The van der Waals surface area contributed by atoms with Crippen molar-refractivity contribution >= 4 is 27.9 Å². The van der Waals surface area contributed by atoms with E-state index in [0.717, 1.165) is 45.0 Å². The van der Waals surface area contributed by atoms with Gasteiger partial charge in [-0.15, -0.1) is 0 Å². The SMILES string of the molecule is COc1ccc(CNc2nccc3c2cnn3-c2nc(-c3cccc(C)n3)nc3c2ncn3Cc2ccc(OC)cc2)cc1. The Bertz CT molecular complexity index is 2080. The van der Waals surface area contributed by atoms with Gasteiger partial charge >= 0.3 is 0 Å². The molecule has 2 aromatic carbocycles. The van der Waals surface area contributed by atoms with E-state index in [1.165, 1.54) is 0 Å². The van der Waals surface area contributed by atoms with Gasteiger partial charge in [-0.1, -0.05) is 30.3 Å². The van der Waals surface area contributed by atoms with E-state index in [2.05, 4.69) is 10.3 Å². The first-order valence-corrected chi connectivity index (χ1v) is 14.1. The Kier molecular flexibility index (Phi) is 7.03. The normalized spacial score (nSPS) is 11.2. The van der Waals surface area contributed by atoms with Gasteiger partial charge < -0.3 is 19.4 Å². The van der Waals surface area contributed by atoms with Crippen molar-refractivity contribution in [2.45, 2.75) is 20.0 Å². The van der Waals surface area contributed by atoms with E-state index in [9.17, 15) is 0 Å². The third-order valence-electron chi connectivity index (χ3n) is 7.39. The van der Waals surface area contributed by atoms with E-state index in [1.807, 2.05) is 84.3 Å². The molecule has 0 bridgehead atoms. The molecule has 1 N–H and O–H groups in total. The molecule has 11 nitrogen and oxygen atoms in total. The first-order valence-electron chi connectivity index (χ1n) is 14.1. The molecule has 7 aromatic rings. The van der Waals surface area contributed by atoms with E-state index in [0.29, 0.717) is 41.6 Å². The van der Waals surface area contributed by atoms with Gasteiger partial charge in [0.25, 0.3) is 0 Å². The lowest BCUT2D eigenvalue weighted by molar-refractivity contribution is 0.414. The van der Waals surface area contributed by atoms with Gasteiger partial charge in [-0.05, 0) is 60.5 Å². The van der Waals surface area contributed by atoms with Crippen LogP contribution in [0.3, 0.4) is 0 Å². The van der Waals surface area contributed by atoms with E-state index >= 15 is 0 Å². The highest BCUT2D eigenvalue weighted by Crippen LogP contribution is 2.28. The van der Waals surface area contributed by atoms with Crippen LogP contribution in [0.25, 0.3) is 39.4 Å². The maximum absolute atomic E-state index is 5.33. The molecule has 11 heteroatoms. The van der Waals surface area contributed by atoms with E-state index in [1.54, 1.807) is 37.6 Å². The predicted molar refractivity (Wildman–Crippen MR) is 168 cm³/mol. The zero-order chi connectivity index (χ0) is 30.0. The van der Waals surface area contributed by atoms with E-state index in [-0.39, 0.29) is 0 Å². The third kappa shape index (κ3) is 5.15. The minimum Gasteiger partial charge on any atom is -0.497 e. The Morgan fingerprint density at radius 1 is 0.795 bits per heavy atom. The van der Waals surface area contributed by atoms with Crippen molar-refractivity contribution in [1.82, 2.24) is 39.3 Å². The van der Waals surface area contributed by atoms with Gasteiger partial charge in [0.2, 0.25) is 0 Å². The van der Waals surface area contributed by atoms with E-state index in [4.69, 9.17) is 34.5 Å². The molecule has 5 aromatic heterocycles. The molecule has 44 heavy (non-hydrogen) atoms. The monoisotopic (exact) mass is 583 g/mol. The zero-order valence-corrected chi connectivity index (χ0v) is 24.5. The van der Waals surface area contributed by atoms with Crippen LogP contribution in [-0.2, 0) is 13.1 Å². The maximum Gasteiger partial charge on any atom is 0.186 e. The van der Waals surface area contributed by atoms with Crippen LogP contribution < -0.4 is 14.8 Å². The quantitative estimate of drug-likeness (QED) is 0.231. The van der Waals surface area contributed by atoms with E-state index < -0.39 is 0 Å². The maximum atomic E-state index is 5.33. The third-order valence-corrected chi connectivity index (χ3v) is 7.39. The van der Waals surface area contributed by atoms with Gasteiger partial charge in [0, 0.05) is 18.4 Å². The van der Waals surface area contributed by atoms with Crippen LogP contribution >= 0.6 is 0 Å². The Hall–Kier alpha value is -5.84. The Labute approximate surface area is 253 Å². The molecule has 0 saturated heterocycles. The molecular formula is C33H29N9O2. The summed E-state index contributed by atoms with van der Waals surface area (Å²) in [5.41, 5.74) is 5.89. The second-order valence-corrected chi connectivity index (χ2v) is 10.3. The number of benzene rings is 2. The summed E-state index contributed by atoms with van der Waals surface area (Å²) in [6.45, 7) is 3.12. The molecule has 7 rings (SSSR count). The number of methoxy groups -OCH3 is 2. The molecule has 0 radical (unpaired) electrons. The topological polar surface area (TPSA) is 118 Å². The van der Waals surface area contributed by atoms with Crippen molar-refractivity contribution in [3.8, 4) is 28.8 Å². The Morgan fingerprint density at radius 2 is 1.55 bits per heavy atom. The van der Waals surface area contributed by atoms with Crippen molar-refractivity contribution in [2.75, 3.05) is 19.5 Å². The summed E-state index contributed by atoms with van der Waals surface area (Å²) in [6.07, 6.45) is 5.35. The molecule has 0 fully saturated rings. The number of aromatic nitrogens is 8. The number of hydrogen-bond donors (Lipinski definition) is 1. The smallest absolute Gasteiger partial charge is 0.186 e. The summed E-state index contributed by atoms with van der Waals surface area (Å²) in [7, 11) is 3.32. The summed E-state index contributed by atoms with van der Waals surface area (Å²) >= 11 is 0. The number of aryl methyl sites for hydroxylation is 1. The lowest BCUT2D eigenvalue weighted by atomic mass is 10.2. The fraction of sp³-hybridized carbons (Fsp3) is 0.152. The largest absolute Gasteiger partial charge is 0.497 e. The number of nitrogens with one attached hydrogen (secondary N) is 1. The molecular weight excluding hydrogens is 554 g/mol. The van der Waals surface area contributed by atoms with Crippen LogP contribution in [0.1, 0.15) is 16.8 Å². The fourth-order valence-electron chi connectivity index (χ4n) is 5.09. The minimum absolute atomic E-state index is 0.489. The van der Waals surface area contributed by atoms with Gasteiger partial charge in [0.05, 0.1) is 44.2 Å². The molecule has 0 aliphatic rings. The average Bonchev–Trinajstić information content (AvgIpc) is 3.69. The van der Waals surface area contributed by atoms with Crippen LogP contribution in [0.15, 0.2) is 91.5 Å². The standard InChI is InChI=1S/C33H29N9O2/c1-21-5-4-6-27(38-21)31-39-32-29(36-20-41(32)19-23-9-13-25(44-3)14-10-23)33(40-31)42-28-15-16-34-30(26(28)18-37-42)35-17-22-7-11-24(43-2)12-8-22/h4-16,18,20H,17,19H2,1-3H3,(H,34,35). The van der Waals surface area contributed by atoms with Crippen LogP contribution in [-0.4, -0.2) is 53.5 Å². The average molecular weight is 584 g/mol. The van der Waals surface area contributed by atoms with Gasteiger partial charge in [-0.25, -0.2) is 29.6 Å². The molecule has 0 atom stereocenters. The summed E-state index contributed by atoms with van der Waals surface area (Å²) < 4.78 is 14.4. The summed E-state index contributed by atoms with van der Waals surface area (Å²) in [6, 6.07) is 23.6. The molecule has 0 aliphatic heterocycles. The van der Waals surface area contributed by atoms with Gasteiger partial charge in [0.15, 0.2) is 22.8 Å². The molecule has 0 unspecified atom stereocenters. The summed E-state index contributed by atoms with van der Waals surface area (Å²) in [5, 5.41) is 9.08. The Morgan fingerprint density at radius 3 is 2.27 bits per heavy atom. The number of pyridine rings is 2. The minimum atomic E-state index is 0.489. The number of nitrogens with zero attached hydrogens (tertiary/aromatic N) is 8. The summed E-state index contributed by atoms with van der Waals surface area (Å²) in [4.78, 5) is 24.0. The Balaban J connectivity index is 1.31. The van der Waals surface area contributed by atoms with Crippen LogP contribution in [0.4, 0.5) is 5.82 Å². The molecule has 0 saturated carbocycles. The number of ether oxygens (including phenoxy) is 2.